The Balaban J connectivity index is 1.81. The molecule has 3 heterocycles. The number of methoxy groups -OCH3 is 3. The molecule has 2 amide bonds. The molecule has 4 aliphatic rings. The highest BCUT2D eigenvalue weighted by Gasteiger charge is 2.56. The molecule has 18 heteroatoms. The number of aliphatic hydroxyl groups is 3. The summed E-state index contributed by atoms with van der Waals surface area (Å²) in [5, 5.41) is 46.3. The zero-order chi connectivity index (χ0) is 55.2. The summed E-state index contributed by atoms with van der Waals surface area (Å²) in [6, 6.07) is -1.22. The van der Waals surface area contributed by atoms with E-state index in [2.05, 4.69) is 0 Å². The smallest absolute Gasteiger partial charge is 0.437 e. The molecule has 1 saturated carbocycles. The van der Waals surface area contributed by atoms with Crippen LogP contribution >= 0.6 is 0 Å². The van der Waals surface area contributed by atoms with Crippen LogP contribution in [0.15, 0.2) is 47.6 Å². The van der Waals surface area contributed by atoms with Crippen LogP contribution in [0.25, 0.3) is 0 Å². The van der Waals surface area contributed by atoms with Crippen molar-refractivity contribution in [3.63, 3.8) is 0 Å². The molecule has 2 saturated heterocycles. The normalized spacial score (nSPS) is 37.9. The highest BCUT2D eigenvalue weighted by molar-refractivity contribution is 6.39. The summed E-state index contributed by atoms with van der Waals surface area (Å²) < 4.78 is 34.9. The zero-order valence-corrected chi connectivity index (χ0v) is 46.0. The predicted octanol–water partition coefficient (Wildman–Crippen LogP) is 6.99. The number of cyclic esters (lactones) is 1. The van der Waals surface area contributed by atoms with Gasteiger partial charge in [-0.1, -0.05) is 84.9 Å². The molecule has 18 nitrogen and oxygen atoms in total. The highest BCUT2D eigenvalue weighted by Crippen LogP contribution is 2.38. The Kier molecular flexibility index (Phi) is 23.9. The van der Waals surface area contributed by atoms with Gasteiger partial charge in [-0.3, -0.25) is 24.4 Å². The van der Waals surface area contributed by atoms with E-state index in [0.717, 1.165) is 17.6 Å². The van der Waals surface area contributed by atoms with E-state index in [1.807, 2.05) is 32.9 Å². The van der Waals surface area contributed by atoms with Gasteiger partial charge in [-0.05, 0) is 113 Å². The molecule has 2 bridgehead atoms. The number of Topliss-reactive ketones (excluding diaryl/α,β-unsaturated/α-hetero) is 3. The third-order valence-electron chi connectivity index (χ3n) is 15.6. The largest absolute Gasteiger partial charge is 0.460 e. The minimum atomic E-state index is -2.72. The van der Waals surface area contributed by atoms with E-state index in [0.29, 0.717) is 51.4 Å². The van der Waals surface area contributed by atoms with Gasteiger partial charge in [0.2, 0.25) is 5.79 Å². The number of allylic oxidation sites excluding steroid dienone is 6. The van der Waals surface area contributed by atoms with Crippen LogP contribution in [0.2, 0.25) is 0 Å². The second-order valence-electron chi connectivity index (χ2n) is 22.0. The summed E-state index contributed by atoms with van der Waals surface area (Å²) in [6.45, 7) is 15.3. The Labute approximate surface area is 438 Å². The Bertz CT molecular complexity index is 2050. The summed E-state index contributed by atoms with van der Waals surface area (Å²) in [4.78, 5) is 86.9. The summed E-state index contributed by atoms with van der Waals surface area (Å²) >= 11 is 0. The van der Waals surface area contributed by atoms with Gasteiger partial charge in [0.25, 0.3) is 17.4 Å². The van der Waals surface area contributed by atoms with Crippen molar-refractivity contribution < 1.29 is 77.7 Å². The van der Waals surface area contributed by atoms with Crippen molar-refractivity contribution >= 4 is 35.3 Å². The number of aliphatic hydroxyl groups excluding tert-OH is 2. The average Bonchev–Trinajstić information content (AvgIpc) is 3.37. The van der Waals surface area contributed by atoms with Gasteiger partial charge in [0.05, 0.1) is 31.0 Å². The summed E-state index contributed by atoms with van der Waals surface area (Å²) in [5.41, 5.74) is -1.90. The summed E-state index contributed by atoms with van der Waals surface area (Å²) in [5.74, 6) is -10.3. The van der Waals surface area contributed by atoms with Gasteiger partial charge in [-0.25, -0.2) is 9.59 Å². The number of rotatable bonds is 9. The van der Waals surface area contributed by atoms with Crippen molar-refractivity contribution in [2.75, 3.05) is 34.5 Å². The molecule has 4 rings (SSSR count). The number of fused-ring (bicyclic) bond motifs is 3. The molecule has 0 aromatic rings. The second kappa shape index (κ2) is 28.3. The first-order chi connectivity index (χ1) is 34.9. The number of amides is 2. The maximum Gasteiger partial charge on any atom is 0.437 e. The van der Waals surface area contributed by atoms with E-state index < -0.39 is 113 Å². The number of hydrogen-bond acceptors (Lipinski definition) is 16. The lowest BCUT2D eigenvalue weighted by Crippen LogP contribution is -2.65. The highest BCUT2D eigenvalue weighted by atomic mass is 16.7. The number of carbonyl (C=O) groups excluding carboxylic acids is 6. The van der Waals surface area contributed by atoms with Crippen molar-refractivity contribution in [1.82, 2.24) is 9.96 Å². The molecular formula is C56H88N2O16. The number of hydrogen-bond donors (Lipinski definition) is 4. The molecule has 0 radical (unpaired) electrons. The topological polar surface area (TPSA) is 245 Å². The van der Waals surface area contributed by atoms with Crippen molar-refractivity contribution in [2.24, 2.45) is 41.4 Å². The van der Waals surface area contributed by atoms with Crippen LogP contribution in [-0.2, 0) is 52.4 Å². The van der Waals surface area contributed by atoms with Crippen molar-refractivity contribution in [3.8, 4) is 0 Å². The van der Waals surface area contributed by atoms with Crippen LogP contribution in [0.4, 0.5) is 4.79 Å². The number of carbonyl (C=O) groups is 6. The van der Waals surface area contributed by atoms with Gasteiger partial charge >= 0.3 is 12.1 Å². The van der Waals surface area contributed by atoms with E-state index in [1.165, 1.54) is 20.1 Å². The molecule has 3 aliphatic heterocycles. The van der Waals surface area contributed by atoms with Crippen LogP contribution in [-0.4, -0.2) is 154 Å². The Morgan fingerprint density at radius 1 is 0.878 bits per heavy atom. The van der Waals surface area contributed by atoms with Gasteiger partial charge < -0.3 is 48.6 Å². The molecule has 74 heavy (non-hydrogen) atoms. The molecule has 1 aliphatic carbocycles. The fourth-order valence-corrected chi connectivity index (χ4v) is 10.9. The van der Waals surface area contributed by atoms with Crippen molar-refractivity contribution in [2.45, 2.75) is 194 Å². The number of hydroxylamine groups is 2. The number of esters is 1. The lowest BCUT2D eigenvalue weighted by Gasteiger charge is -2.42. The molecule has 0 spiro atoms. The Morgan fingerprint density at radius 2 is 1.58 bits per heavy atom. The lowest BCUT2D eigenvalue weighted by molar-refractivity contribution is -0.267. The van der Waals surface area contributed by atoms with Crippen LogP contribution < -0.4 is 0 Å². The van der Waals surface area contributed by atoms with E-state index in [4.69, 9.17) is 28.4 Å². The molecular weight excluding hydrogens is 957 g/mol. The van der Waals surface area contributed by atoms with Crippen LogP contribution in [0.1, 0.15) is 139 Å². The van der Waals surface area contributed by atoms with E-state index >= 15 is 0 Å². The SMILES string of the molecule is COC1CC2CCC(C)C(O)(O2)C(=O)C(=O)N2CCCCC2C(=O)OC(C(C)CC2CCC(O)C(OC)C2)CC(=O)C(C)/C=C(/C)C(O)[C@@](OC)(N(O)C(=O)OCC(C)C)C(=O)C(C)CC(C)\C=C/C=C/C=C/1C. The number of ketones is 3. The van der Waals surface area contributed by atoms with Crippen molar-refractivity contribution in [3.05, 3.63) is 47.6 Å². The number of piperidine rings is 1. The standard InChI is InChI=1S/C56H88N2O16/c1-33(2)32-72-54(66)58(68)55(71-12)49(61)38(7)26-34(3)18-14-13-15-19-35(4)46(69-10)30-42-23-21-40(9)56(67,74-42)51(63)52(64)57-25-17-16-20-43(57)53(65)73-47(31-45(60)36(5)27-39(8)50(55)62)37(6)28-41-22-24-44(59)48(29-41)70-11/h13-15,18-19,27,33-34,36-38,40-44,46-48,50,59,62,67-68H,16-17,20-26,28-32H2,1-12H3/b15-13+,18-14-,35-19+,39-27-/t34?,36?,37?,38?,40?,41?,42?,43?,44?,46?,47?,48?,50?,55-,56?/m1/s1. The lowest BCUT2D eigenvalue weighted by atomic mass is 9.78. The number of nitrogens with zero attached hydrogens (tertiary/aromatic N) is 2. The van der Waals surface area contributed by atoms with Gasteiger partial charge in [-0.2, -0.15) is 0 Å². The van der Waals surface area contributed by atoms with Gasteiger partial charge in [0, 0.05) is 58.5 Å². The maximum atomic E-state index is 14.7. The average molecular weight is 1050 g/mol. The third kappa shape index (κ3) is 15.5. The fourth-order valence-electron chi connectivity index (χ4n) is 10.9. The Hall–Kier alpha value is -4.14. The predicted molar refractivity (Wildman–Crippen MR) is 274 cm³/mol. The van der Waals surface area contributed by atoms with Crippen molar-refractivity contribution in [1.29, 1.82) is 0 Å². The molecule has 418 valence electrons. The summed E-state index contributed by atoms with van der Waals surface area (Å²) in [6.07, 6.45) is 8.28. The van der Waals surface area contributed by atoms with Crippen LogP contribution in [0, 0.1) is 41.4 Å². The molecule has 0 aromatic carbocycles. The van der Waals surface area contributed by atoms with Gasteiger partial charge in [-0.15, -0.1) is 5.06 Å². The monoisotopic (exact) mass is 1040 g/mol. The first-order valence-electron chi connectivity index (χ1n) is 26.7. The minimum absolute atomic E-state index is 0.00305. The van der Waals surface area contributed by atoms with Crippen LogP contribution in [0.3, 0.4) is 0 Å². The quantitative estimate of drug-likeness (QED) is 0.0454. The van der Waals surface area contributed by atoms with E-state index in [9.17, 15) is 49.3 Å². The molecule has 3 fully saturated rings. The zero-order valence-electron chi connectivity index (χ0n) is 46.0. The Morgan fingerprint density at radius 3 is 2.23 bits per heavy atom. The van der Waals surface area contributed by atoms with Gasteiger partial charge in [0.15, 0.2) is 5.78 Å². The molecule has 0 aromatic heterocycles. The minimum Gasteiger partial charge on any atom is -0.460 e. The molecule has 14 unspecified atom stereocenters. The fraction of sp³-hybridized carbons (Fsp3) is 0.750. The van der Waals surface area contributed by atoms with E-state index in [-0.39, 0.29) is 67.2 Å². The van der Waals surface area contributed by atoms with E-state index in [1.54, 1.807) is 60.0 Å². The first-order valence-corrected chi connectivity index (χ1v) is 26.7. The van der Waals surface area contributed by atoms with Gasteiger partial charge in [0.1, 0.15) is 24.0 Å². The summed E-state index contributed by atoms with van der Waals surface area (Å²) in [7, 11) is 4.16. The second-order valence-corrected chi connectivity index (χ2v) is 22.0. The third-order valence-corrected chi connectivity index (χ3v) is 15.6. The number of ether oxygens (including phenoxy) is 6. The van der Waals surface area contributed by atoms with Crippen LogP contribution in [0.5, 0.6) is 0 Å². The molecule has 15 atom stereocenters. The first kappa shape index (κ1) is 62.4. The maximum absolute atomic E-state index is 14.7. The molecule has 4 N–H and O–H groups in total.